The fraction of sp³-hybridized carbons (Fsp3) is 0.400. The summed E-state index contributed by atoms with van der Waals surface area (Å²) in [7, 11) is 1.54. The van der Waals surface area contributed by atoms with E-state index in [4.69, 9.17) is 0 Å². The number of benzene rings is 2. The minimum Gasteiger partial charge on any atom is -0.353 e. The third-order valence-electron chi connectivity index (χ3n) is 6.57. The molecule has 1 aliphatic heterocycles. The lowest BCUT2D eigenvalue weighted by Gasteiger charge is -2.36. The Hall–Kier alpha value is -2.34. The number of aryl methyl sites for hydroxylation is 1. The van der Waals surface area contributed by atoms with Crippen LogP contribution in [0.4, 0.5) is 24.7 Å². The van der Waals surface area contributed by atoms with Crippen LogP contribution in [0.15, 0.2) is 40.0 Å². The van der Waals surface area contributed by atoms with Gasteiger partial charge in [-0.2, -0.15) is 0 Å². The van der Waals surface area contributed by atoms with Crippen LogP contribution in [0.1, 0.15) is 17.2 Å². The summed E-state index contributed by atoms with van der Waals surface area (Å²) in [4.78, 5) is 15.6. The second-order valence-electron chi connectivity index (χ2n) is 8.71. The number of hydrogen-bond acceptors (Lipinski definition) is 7. The summed E-state index contributed by atoms with van der Waals surface area (Å²) in [6.45, 7) is 3.14. The molecule has 2 aromatic carbocycles. The Bertz CT molecular complexity index is 1330. The van der Waals surface area contributed by atoms with E-state index in [1.807, 2.05) is 11.2 Å². The first-order chi connectivity index (χ1) is 17.2. The molecular formula is C25H29F3N4O2S2. The van der Waals surface area contributed by atoms with Crippen molar-refractivity contribution < 1.29 is 18.4 Å². The maximum absolute atomic E-state index is 16.3. The Balaban J connectivity index is 1.91. The van der Waals surface area contributed by atoms with Crippen LogP contribution in [0.5, 0.6) is 0 Å². The molecule has 1 fully saturated rings. The van der Waals surface area contributed by atoms with E-state index in [-0.39, 0.29) is 27.8 Å². The quantitative estimate of drug-likeness (QED) is 0.254. The first-order valence-corrected chi connectivity index (χ1v) is 13.9. The normalized spacial score (nSPS) is 15.5. The zero-order chi connectivity index (χ0) is 26.1. The number of anilines is 2. The molecule has 11 heteroatoms. The van der Waals surface area contributed by atoms with Crippen LogP contribution in [0.2, 0.25) is 0 Å². The smallest absolute Gasteiger partial charge is 0.259 e. The van der Waals surface area contributed by atoms with Crippen LogP contribution in [0.25, 0.3) is 10.8 Å². The molecule has 194 valence electrons. The predicted octanol–water partition coefficient (Wildman–Crippen LogP) is 5.15. The summed E-state index contributed by atoms with van der Waals surface area (Å²) in [5.74, 6) is -0.974. The zero-order valence-electron chi connectivity index (χ0n) is 20.6. The van der Waals surface area contributed by atoms with E-state index >= 15 is 4.39 Å². The summed E-state index contributed by atoms with van der Waals surface area (Å²) in [6, 6.07) is 5.64. The lowest BCUT2D eigenvalue weighted by Crippen LogP contribution is -2.45. The van der Waals surface area contributed by atoms with Gasteiger partial charge in [0.25, 0.3) is 5.56 Å². The highest BCUT2D eigenvalue weighted by Crippen LogP contribution is 2.38. The van der Waals surface area contributed by atoms with E-state index in [1.165, 1.54) is 41.6 Å². The van der Waals surface area contributed by atoms with Crippen molar-refractivity contribution in [3.8, 4) is 0 Å². The topological polar surface area (TPSA) is 52.0 Å². The highest BCUT2D eigenvalue weighted by Gasteiger charge is 2.30. The third kappa shape index (κ3) is 4.81. The fourth-order valence-electron chi connectivity index (χ4n) is 4.75. The van der Waals surface area contributed by atoms with Crippen molar-refractivity contribution in [1.82, 2.24) is 8.87 Å². The van der Waals surface area contributed by atoms with Crippen molar-refractivity contribution in [2.24, 2.45) is 7.05 Å². The Morgan fingerprint density at radius 2 is 1.81 bits per heavy atom. The molecule has 1 unspecified atom stereocenters. The van der Waals surface area contributed by atoms with Crippen molar-refractivity contribution in [2.45, 2.75) is 17.9 Å². The highest BCUT2D eigenvalue weighted by molar-refractivity contribution is 7.98. The largest absolute Gasteiger partial charge is 0.353 e. The number of piperazine rings is 1. The van der Waals surface area contributed by atoms with Crippen LogP contribution in [0.3, 0.4) is 0 Å². The number of alkyl halides is 1. The van der Waals surface area contributed by atoms with Gasteiger partial charge in [-0.25, -0.2) is 22.5 Å². The van der Waals surface area contributed by atoms with Crippen molar-refractivity contribution in [2.75, 3.05) is 55.3 Å². The molecule has 0 saturated carbocycles. The molecule has 1 atom stereocenters. The van der Waals surface area contributed by atoms with Crippen LogP contribution in [0, 0.1) is 18.6 Å². The monoisotopic (exact) mass is 538 g/mol. The molecule has 1 aromatic heterocycles. The molecule has 0 amide bonds. The zero-order valence-corrected chi connectivity index (χ0v) is 22.2. The fourth-order valence-corrected chi connectivity index (χ4v) is 5.88. The van der Waals surface area contributed by atoms with Crippen molar-refractivity contribution >= 4 is 46.0 Å². The highest BCUT2D eigenvalue weighted by atomic mass is 32.2. The van der Waals surface area contributed by atoms with Crippen LogP contribution in [-0.4, -0.2) is 59.4 Å². The van der Waals surface area contributed by atoms with Crippen LogP contribution < -0.4 is 15.5 Å². The van der Waals surface area contributed by atoms with Gasteiger partial charge in [0.15, 0.2) is 5.82 Å². The van der Waals surface area contributed by atoms with E-state index in [2.05, 4.69) is 4.31 Å². The molecular weight excluding hydrogens is 509 g/mol. The van der Waals surface area contributed by atoms with Gasteiger partial charge in [0.2, 0.25) is 0 Å². The van der Waals surface area contributed by atoms with Gasteiger partial charge in [0, 0.05) is 43.5 Å². The molecule has 0 aliphatic carbocycles. The van der Waals surface area contributed by atoms with E-state index < -0.39 is 29.9 Å². The number of fused-ring (bicyclic) bond motifs is 1. The number of pyridine rings is 1. The number of nitrogens with zero attached hydrogens (tertiary/aromatic N) is 4. The Morgan fingerprint density at radius 1 is 1.11 bits per heavy atom. The second kappa shape index (κ2) is 11.0. The van der Waals surface area contributed by atoms with E-state index in [0.29, 0.717) is 41.7 Å². The molecule has 36 heavy (non-hydrogen) atoms. The maximum atomic E-state index is 16.3. The van der Waals surface area contributed by atoms with E-state index in [9.17, 15) is 18.8 Å². The van der Waals surface area contributed by atoms with Gasteiger partial charge in [-0.05, 0) is 54.8 Å². The number of hydroxylamine groups is 1. The van der Waals surface area contributed by atoms with Gasteiger partial charge in [-0.15, -0.1) is 11.8 Å². The van der Waals surface area contributed by atoms with Crippen molar-refractivity contribution in [3.05, 3.63) is 63.4 Å². The Morgan fingerprint density at radius 3 is 2.42 bits per heavy atom. The first kappa shape index (κ1) is 26.7. The molecule has 1 aliphatic rings. The second-order valence-corrected chi connectivity index (χ2v) is 10.4. The molecule has 0 radical (unpaired) electrons. The Kier molecular flexibility index (Phi) is 8.13. The minimum atomic E-state index is -1.31. The number of thioether (sulfide) groups is 1. The molecule has 3 aromatic rings. The molecule has 1 saturated heterocycles. The molecule has 2 heterocycles. The Labute approximate surface area is 216 Å². The van der Waals surface area contributed by atoms with Gasteiger partial charge in [-0.3, -0.25) is 14.6 Å². The first-order valence-electron chi connectivity index (χ1n) is 11.5. The molecule has 0 bridgehead atoms. The predicted molar refractivity (Wildman–Crippen MR) is 142 cm³/mol. The molecule has 0 spiro atoms. The van der Waals surface area contributed by atoms with E-state index in [0.717, 1.165) is 0 Å². The van der Waals surface area contributed by atoms with Crippen molar-refractivity contribution in [3.63, 3.8) is 0 Å². The number of hydrogen-bond donors (Lipinski definition) is 1. The summed E-state index contributed by atoms with van der Waals surface area (Å²) in [5.41, 5.74) is 0.586. The third-order valence-corrected chi connectivity index (χ3v) is 8.22. The summed E-state index contributed by atoms with van der Waals surface area (Å²) < 4.78 is 48.2. The lowest BCUT2D eigenvalue weighted by molar-refractivity contribution is 0.195. The number of rotatable bonds is 7. The lowest BCUT2D eigenvalue weighted by atomic mass is 9.96. The molecule has 1 N–H and O–H groups in total. The van der Waals surface area contributed by atoms with Crippen LogP contribution in [-0.2, 0) is 7.05 Å². The van der Waals surface area contributed by atoms with Gasteiger partial charge in [-0.1, -0.05) is 18.0 Å². The summed E-state index contributed by atoms with van der Waals surface area (Å²) in [5, 5.41) is 11.9. The van der Waals surface area contributed by atoms with Crippen molar-refractivity contribution in [1.29, 1.82) is 0 Å². The van der Waals surface area contributed by atoms with Gasteiger partial charge in [0.05, 0.1) is 11.1 Å². The van der Waals surface area contributed by atoms with Crippen LogP contribution >= 0.6 is 23.7 Å². The average Bonchev–Trinajstić information content (AvgIpc) is 2.87. The minimum absolute atomic E-state index is 0.0134. The average molecular weight is 539 g/mol. The van der Waals surface area contributed by atoms with Gasteiger partial charge >= 0.3 is 0 Å². The number of halogens is 3. The molecule has 4 rings (SSSR count). The van der Waals surface area contributed by atoms with Gasteiger partial charge < -0.3 is 4.90 Å². The molecule has 6 nitrogen and oxygen atoms in total. The van der Waals surface area contributed by atoms with Gasteiger partial charge in [0.1, 0.15) is 24.4 Å². The summed E-state index contributed by atoms with van der Waals surface area (Å²) >= 11 is 2.81. The summed E-state index contributed by atoms with van der Waals surface area (Å²) in [6.07, 6.45) is 3.70. The maximum Gasteiger partial charge on any atom is 0.259 e. The number of aromatic nitrogens is 1. The SMILES string of the molecule is CSc1cc(F)ccc1N(O)C(CF)c1cc(C)cc2c(=O)n(C)c(N3CCN(SC)CC3)c(F)c12. The standard InChI is InChI=1S/C25H29F3N4O2S2/c1-15-11-17(20(14-26)32(34)19-6-5-16(27)13-21(19)35-3)22-18(12-15)25(33)29(2)24(23(22)28)30-7-9-31(36-4)10-8-30/h5-6,11-13,20,34H,7-10,14H2,1-4H3. The van der Waals surface area contributed by atoms with E-state index in [1.54, 1.807) is 37.3 Å².